The van der Waals surface area contributed by atoms with E-state index >= 15 is 0 Å². The predicted octanol–water partition coefficient (Wildman–Crippen LogP) is -1.25. The zero-order valence-corrected chi connectivity index (χ0v) is 11.5. The average molecular weight is 280 g/mol. The lowest BCUT2D eigenvalue weighted by Gasteiger charge is -2.22. The van der Waals surface area contributed by atoms with Crippen LogP contribution in [0.25, 0.3) is 10.9 Å². The molecule has 0 fully saturated rings. The second-order valence-corrected chi connectivity index (χ2v) is 4.52. The molecular weight excluding hydrogens is 264 g/mol. The fraction of sp³-hybridized carbons (Fsp3) is 0.357. The average Bonchev–Trinajstić information content (AvgIpc) is 2.76. The highest BCUT2D eigenvalue weighted by Gasteiger charge is 2.27. The fourth-order valence-corrected chi connectivity index (χ4v) is 2.55. The van der Waals surface area contributed by atoms with Crippen LogP contribution in [-0.2, 0) is 22.5 Å². The number of aromatic amines is 1. The van der Waals surface area contributed by atoms with Crippen molar-refractivity contribution in [2.45, 2.75) is 25.9 Å². The summed E-state index contributed by atoms with van der Waals surface area (Å²) in [5.74, 6) is -0.159. The van der Waals surface area contributed by atoms with Crippen LogP contribution < -0.4 is 17.7 Å². The van der Waals surface area contributed by atoms with E-state index in [1.165, 1.54) is 16.6 Å². The molecule has 0 saturated heterocycles. The summed E-state index contributed by atoms with van der Waals surface area (Å²) in [6.07, 6.45) is 0.693. The normalized spacial score (nSPS) is 17.6. The molecule has 1 unspecified atom stereocenters. The SMILES string of the molecule is CCOC(=O)C1Cc2c([nH]c3ccccc23)CN1.[Cl-]. The summed E-state index contributed by atoms with van der Waals surface area (Å²) < 4.78 is 5.07. The molecule has 4 nitrogen and oxygen atoms in total. The van der Waals surface area contributed by atoms with E-state index in [4.69, 9.17) is 4.74 Å². The minimum atomic E-state index is -0.225. The molecule has 0 radical (unpaired) electrons. The van der Waals surface area contributed by atoms with E-state index in [0.717, 1.165) is 5.52 Å². The number of halogens is 1. The number of rotatable bonds is 2. The Labute approximate surface area is 117 Å². The molecule has 1 atom stereocenters. The lowest BCUT2D eigenvalue weighted by molar-refractivity contribution is -0.145. The molecule has 0 aliphatic carbocycles. The van der Waals surface area contributed by atoms with Crippen LogP contribution in [0.15, 0.2) is 24.3 Å². The standard InChI is InChI=1S/C14H16N2O2.ClH/c1-2-18-14(17)12-7-10-9-5-3-4-6-11(9)16-13(10)8-15-12;/h3-6,12,15-16H,2,7-8H2,1H3;1H/p-1. The fourth-order valence-electron chi connectivity index (χ4n) is 2.55. The highest BCUT2D eigenvalue weighted by molar-refractivity contribution is 5.86. The summed E-state index contributed by atoms with van der Waals surface area (Å²) in [5.41, 5.74) is 3.55. The number of carbonyl (C=O) groups excluding carboxylic acids is 1. The topological polar surface area (TPSA) is 54.1 Å². The molecule has 2 heterocycles. The maximum atomic E-state index is 11.8. The first-order chi connectivity index (χ1) is 8.79. The zero-order chi connectivity index (χ0) is 12.5. The van der Waals surface area contributed by atoms with Gasteiger partial charge < -0.3 is 22.1 Å². The molecule has 2 N–H and O–H groups in total. The van der Waals surface area contributed by atoms with Crippen molar-refractivity contribution in [2.24, 2.45) is 0 Å². The lowest BCUT2D eigenvalue weighted by Crippen LogP contribution is -3.00. The largest absolute Gasteiger partial charge is 1.00 e. The Morgan fingerprint density at radius 2 is 2.21 bits per heavy atom. The van der Waals surface area contributed by atoms with Gasteiger partial charge in [-0.1, -0.05) is 18.2 Å². The number of carbonyl (C=O) groups is 1. The van der Waals surface area contributed by atoms with Gasteiger partial charge in [0.2, 0.25) is 0 Å². The highest BCUT2D eigenvalue weighted by atomic mass is 35.5. The van der Waals surface area contributed by atoms with Crippen LogP contribution in [0, 0.1) is 0 Å². The molecule has 102 valence electrons. The quantitative estimate of drug-likeness (QED) is 0.676. The number of nitrogens with one attached hydrogen (secondary N) is 2. The van der Waals surface area contributed by atoms with Gasteiger partial charge in [0.15, 0.2) is 0 Å². The Hall–Kier alpha value is -1.52. The third kappa shape index (κ3) is 2.46. The number of hydrogen-bond donors (Lipinski definition) is 2. The van der Waals surface area contributed by atoms with E-state index in [0.29, 0.717) is 19.6 Å². The number of aromatic nitrogens is 1. The molecule has 1 aromatic carbocycles. The van der Waals surface area contributed by atoms with Crippen molar-refractivity contribution < 1.29 is 21.9 Å². The Balaban J connectivity index is 0.00000133. The number of hydrogen-bond acceptors (Lipinski definition) is 3. The number of benzene rings is 1. The first-order valence-corrected chi connectivity index (χ1v) is 6.28. The molecule has 2 aromatic rings. The maximum Gasteiger partial charge on any atom is 0.323 e. The van der Waals surface area contributed by atoms with Gasteiger partial charge in [-0.3, -0.25) is 10.1 Å². The van der Waals surface area contributed by atoms with Gasteiger partial charge >= 0.3 is 5.97 Å². The number of H-pyrrole nitrogens is 1. The van der Waals surface area contributed by atoms with Crippen LogP contribution in [0.2, 0.25) is 0 Å². The third-order valence-corrected chi connectivity index (χ3v) is 3.41. The van der Waals surface area contributed by atoms with Gasteiger partial charge in [-0.25, -0.2) is 0 Å². The van der Waals surface area contributed by atoms with Gasteiger partial charge in [-0.05, 0) is 18.6 Å². The molecule has 3 rings (SSSR count). The van der Waals surface area contributed by atoms with Crippen LogP contribution in [0.5, 0.6) is 0 Å². The minimum Gasteiger partial charge on any atom is -1.00 e. The lowest BCUT2D eigenvalue weighted by atomic mass is 9.99. The van der Waals surface area contributed by atoms with E-state index in [1.807, 2.05) is 19.1 Å². The number of fused-ring (bicyclic) bond motifs is 3. The van der Waals surface area contributed by atoms with Gasteiger partial charge in [-0.2, -0.15) is 0 Å². The summed E-state index contributed by atoms with van der Waals surface area (Å²) >= 11 is 0. The van der Waals surface area contributed by atoms with Gasteiger partial charge in [0.1, 0.15) is 6.04 Å². The molecular formula is C14H16ClN2O2-. The van der Waals surface area contributed by atoms with Crippen molar-refractivity contribution in [2.75, 3.05) is 6.61 Å². The van der Waals surface area contributed by atoms with Crippen LogP contribution in [0.4, 0.5) is 0 Å². The molecule has 0 saturated carbocycles. The first kappa shape index (κ1) is 13.9. The van der Waals surface area contributed by atoms with Crippen molar-refractivity contribution in [3.05, 3.63) is 35.5 Å². The summed E-state index contributed by atoms with van der Waals surface area (Å²) in [5, 5.41) is 4.43. The summed E-state index contributed by atoms with van der Waals surface area (Å²) in [6.45, 7) is 2.95. The Bertz CT molecular complexity index is 594. The summed E-state index contributed by atoms with van der Waals surface area (Å²) in [4.78, 5) is 15.2. The molecule has 5 heteroatoms. The van der Waals surface area contributed by atoms with Crippen molar-refractivity contribution in [1.29, 1.82) is 0 Å². The smallest absolute Gasteiger partial charge is 0.323 e. The molecule has 0 amide bonds. The van der Waals surface area contributed by atoms with Crippen LogP contribution in [0.1, 0.15) is 18.2 Å². The van der Waals surface area contributed by atoms with Crippen molar-refractivity contribution in [3.63, 3.8) is 0 Å². The second-order valence-electron chi connectivity index (χ2n) is 4.52. The van der Waals surface area contributed by atoms with Gasteiger partial charge in [-0.15, -0.1) is 0 Å². The Morgan fingerprint density at radius 3 is 3.00 bits per heavy atom. The van der Waals surface area contributed by atoms with E-state index in [2.05, 4.69) is 22.4 Å². The Morgan fingerprint density at radius 1 is 1.42 bits per heavy atom. The number of ether oxygens (including phenoxy) is 1. The van der Waals surface area contributed by atoms with Gasteiger partial charge in [0.25, 0.3) is 0 Å². The minimum absolute atomic E-state index is 0. The first-order valence-electron chi connectivity index (χ1n) is 6.28. The number of para-hydroxylation sites is 1. The van der Waals surface area contributed by atoms with Crippen LogP contribution >= 0.6 is 0 Å². The summed E-state index contributed by atoms with van der Waals surface area (Å²) in [6, 6.07) is 7.97. The monoisotopic (exact) mass is 279 g/mol. The molecule has 1 aliphatic heterocycles. The van der Waals surface area contributed by atoms with Crippen molar-refractivity contribution in [1.82, 2.24) is 10.3 Å². The van der Waals surface area contributed by atoms with E-state index < -0.39 is 0 Å². The molecule has 1 aromatic heterocycles. The molecule has 0 spiro atoms. The predicted molar refractivity (Wildman–Crippen MR) is 69.3 cm³/mol. The molecule has 0 bridgehead atoms. The van der Waals surface area contributed by atoms with Crippen LogP contribution in [0.3, 0.4) is 0 Å². The maximum absolute atomic E-state index is 11.8. The zero-order valence-electron chi connectivity index (χ0n) is 10.7. The summed E-state index contributed by atoms with van der Waals surface area (Å²) in [7, 11) is 0. The highest BCUT2D eigenvalue weighted by Crippen LogP contribution is 2.26. The second kappa shape index (κ2) is 5.63. The molecule has 19 heavy (non-hydrogen) atoms. The van der Waals surface area contributed by atoms with Crippen molar-refractivity contribution >= 4 is 16.9 Å². The van der Waals surface area contributed by atoms with Crippen LogP contribution in [-0.4, -0.2) is 23.6 Å². The van der Waals surface area contributed by atoms with Gasteiger partial charge in [0, 0.05) is 29.6 Å². The van der Waals surface area contributed by atoms with E-state index in [9.17, 15) is 4.79 Å². The van der Waals surface area contributed by atoms with Crippen molar-refractivity contribution in [3.8, 4) is 0 Å². The van der Waals surface area contributed by atoms with E-state index in [-0.39, 0.29) is 24.4 Å². The molecule has 1 aliphatic rings. The Kier molecular flexibility index (Phi) is 4.12. The number of esters is 1. The van der Waals surface area contributed by atoms with E-state index in [1.54, 1.807) is 0 Å². The third-order valence-electron chi connectivity index (χ3n) is 3.41. The van der Waals surface area contributed by atoms with Gasteiger partial charge in [0.05, 0.1) is 6.61 Å².